The Kier molecular flexibility index (Phi) is 6.25. The fourth-order valence-electron chi connectivity index (χ4n) is 3.54. The van der Waals surface area contributed by atoms with Crippen molar-refractivity contribution in [2.45, 2.75) is 59.0 Å². The van der Waals surface area contributed by atoms with E-state index in [1.165, 1.54) is 43.5 Å². The lowest BCUT2D eigenvalue weighted by molar-refractivity contribution is 0.115. The lowest BCUT2D eigenvalue weighted by atomic mass is 9.91. The van der Waals surface area contributed by atoms with E-state index in [1.54, 1.807) is 0 Å². The molecule has 0 bridgehead atoms. The maximum absolute atomic E-state index is 3.70. The molecule has 2 atom stereocenters. The normalized spacial score (nSPS) is 20.4. The number of nitrogens with zero attached hydrogens (tertiary/aromatic N) is 1. The number of hydrogen-bond acceptors (Lipinski definition) is 2. The molecule has 1 saturated heterocycles. The summed E-state index contributed by atoms with van der Waals surface area (Å²) in [5, 5.41) is 3.70. The van der Waals surface area contributed by atoms with E-state index in [9.17, 15) is 0 Å². The Morgan fingerprint density at radius 1 is 1.14 bits per heavy atom. The first-order chi connectivity index (χ1) is 10.2. The number of rotatable bonds is 6. The predicted molar refractivity (Wildman–Crippen MR) is 91.6 cm³/mol. The SMILES string of the molecule is CCNC(c1ccc(C)cc1)C(C)N1CCC(CC)CC1. The van der Waals surface area contributed by atoms with Gasteiger partial charge in [0.15, 0.2) is 0 Å². The first-order valence-electron chi connectivity index (χ1n) is 8.69. The van der Waals surface area contributed by atoms with Crippen molar-refractivity contribution in [2.24, 2.45) is 5.92 Å². The van der Waals surface area contributed by atoms with Gasteiger partial charge in [0.05, 0.1) is 0 Å². The summed E-state index contributed by atoms with van der Waals surface area (Å²) in [4.78, 5) is 2.68. The van der Waals surface area contributed by atoms with E-state index in [0.29, 0.717) is 12.1 Å². The fraction of sp³-hybridized carbons (Fsp3) is 0.684. The largest absolute Gasteiger partial charge is 0.309 e. The highest BCUT2D eigenvalue weighted by molar-refractivity contribution is 5.25. The van der Waals surface area contributed by atoms with Gasteiger partial charge >= 0.3 is 0 Å². The zero-order valence-electron chi connectivity index (χ0n) is 14.2. The molecule has 118 valence electrons. The summed E-state index contributed by atoms with van der Waals surface area (Å²) in [5.41, 5.74) is 2.76. The molecule has 1 heterocycles. The van der Waals surface area contributed by atoms with E-state index >= 15 is 0 Å². The van der Waals surface area contributed by atoms with Crippen molar-refractivity contribution < 1.29 is 0 Å². The van der Waals surface area contributed by atoms with Crippen LogP contribution in [0.3, 0.4) is 0 Å². The smallest absolute Gasteiger partial charge is 0.0475 e. The van der Waals surface area contributed by atoms with Crippen LogP contribution in [0, 0.1) is 12.8 Å². The number of likely N-dealkylation sites (tertiary alicyclic amines) is 1. The highest BCUT2D eigenvalue weighted by Crippen LogP contribution is 2.27. The van der Waals surface area contributed by atoms with Crippen molar-refractivity contribution in [1.29, 1.82) is 0 Å². The van der Waals surface area contributed by atoms with Crippen LogP contribution in [0.4, 0.5) is 0 Å². The van der Waals surface area contributed by atoms with Gasteiger partial charge in [-0.25, -0.2) is 0 Å². The van der Waals surface area contributed by atoms with Gasteiger partial charge in [-0.15, -0.1) is 0 Å². The van der Waals surface area contributed by atoms with E-state index in [4.69, 9.17) is 0 Å². The van der Waals surface area contributed by atoms with Gasteiger partial charge in [0.25, 0.3) is 0 Å². The maximum atomic E-state index is 3.70. The van der Waals surface area contributed by atoms with E-state index in [0.717, 1.165) is 12.5 Å². The summed E-state index contributed by atoms with van der Waals surface area (Å²) < 4.78 is 0. The van der Waals surface area contributed by atoms with Crippen LogP contribution in [0.1, 0.15) is 57.2 Å². The minimum atomic E-state index is 0.439. The van der Waals surface area contributed by atoms with Gasteiger partial charge in [-0.1, -0.05) is 50.1 Å². The number of aryl methyl sites for hydroxylation is 1. The molecule has 2 nitrogen and oxygen atoms in total. The van der Waals surface area contributed by atoms with E-state index in [2.05, 4.69) is 62.2 Å². The van der Waals surface area contributed by atoms with Crippen molar-refractivity contribution in [2.75, 3.05) is 19.6 Å². The average Bonchev–Trinajstić information content (AvgIpc) is 2.53. The molecular formula is C19H32N2. The van der Waals surface area contributed by atoms with Crippen molar-refractivity contribution in [1.82, 2.24) is 10.2 Å². The third-order valence-electron chi connectivity index (χ3n) is 5.15. The summed E-state index contributed by atoms with van der Waals surface area (Å²) in [7, 11) is 0. The highest BCUT2D eigenvalue weighted by atomic mass is 15.2. The number of benzene rings is 1. The molecule has 2 unspecified atom stereocenters. The molecule has 0 saturated carbocycles. The summed E-state index contributed by atoms with van der Waals surface area (Å²) in [5.74, 6) is 0.949. The summed E-state index contributed by atoms with van der Waals surface area (Å²) >= 11 is 0. The Morgan fingerprint density at radius 3 is 2.29 bits per heavy atom. The van der Waals surface area contributed by atoms with Gasteiger partial charge in [-0.05, 0) is 57.8 Å². The predicted octanol–water partition coefficient (Wildman–Crippen LogP) is 4.16. The number of nitrogens with one attached hydrogen (secondary N) is 1. The van der Waals surface area contributed by atoms with Crippen LogP contribution in [0.25, 0.3) is 0 Å². The lowest BCUT2D eigenvalue weighted by Gasteiger charge is -2.39. The fourth-order valence-corrected chi connectivity index (χ4v) is 3.54. The third-order valence-corrected chi connectivity index (χ3v) is 5.15. The molecule has 1 aromatic carbocycles. The molecule has 1 aliphatic heterocycles. The zero-order valence-corrected chi connectivity index (χ0v) is 14.2. The second kappa shape index (κ2) is 7.95. The van der Waals surface area contributed by atoms with Crippen molar-refractivity contribution in [3.05, 3.63) is 35.4 Å². The lowest BCUT2D eigenvalue weighted by Crippen LogP contribution is -2.46. The van der Waals surface area contributed by atoms with Crippen LogP contribution in [0.2, 0.25) is 0 Å². The van der Waals surface area contributed by atoms with E-state index < -0.39 is 0 Å². The maximum Gasteiger partial charge on any atom is 0.0475 e. The molecule has 0 spiro atoms. The van der Waals surface area contributed by atoms with Gasteiger partial charge in [-0.3, -0.25) is 4.90 Å². The van der Waals surface area contributed by atoms with Crippen LogP contribution in [0.5, 0.6) is 0 Å². The Hall–Kier alpha value is -0.860. The van der Waals surface area contributed by atoms with Crippen LogP contribution >= 0.6 is 0 Å². The molecule has 1 aromatic rings. The monoisotopic (exact) mass is 288 g/mol. The van der Waals surface area contributed by atoms with Crippen molar-refractivity contribution in [3.63, 3.8) is 0 Å². The minimum Gasteiger partial charge on any atom is -0.309 e. The summed E-state index contributed by atoms with van der Waals surface area (Å²) in [6.45, 7) is 12.6. The molecule has 1 N–H and O–H groups in total. The Bertz CT molecular complexity index is 404. The third kappa shape index (κ3) is 4.31. The van der Waals surface area contributed by atoms with Crippen molar-refractivity contribution >= 4 is 0 Å². The standard InChI is InChI=1S/C19H32N2/c1-5-17-11-13-21(14-12-17)16(4)19(20-6-2)18-9-7-15(3)8-10-18/h7-10,16-17,19-20H,5-6,11-14H2,1-4H3. The molecule has 0 aliphatic carbocycles. The summed E-state index contributed by atoms with van der Waals surface area (Å²) in [6, 6.07) is 10.0. The Labute approximate surface area is 130 Å². The van der Waals surface area contributed by atoms with Gasteiger partial charge in [0.1, 0.15) is 0 Å². The molecule has 0 aromatic heterocycles. The van der Waals surface area contributed by atoms with Crippen LogP contribution in [-0.2, 0) is 0 Å². The quantitative estimate of drug-likeness (QED) is 0.845. The van der Waals surface area contributed by atoms with E-state index in [1.807, 2.05) is 0 Å². The second-order valence-electron chi connectivity index (χ2n) is 6.57. The van der Waals surface area contributed by atoms with Gasteiger partial charge < -0.3 is 5.32 Å². The molecule has 21 heavy (non-hydrogen) atoms. The molecular weight excluding hydrogens is 256 g/mol. The minimum absolute atomic E-state index is 0.439. The Balaban J connectivity index is 2.05. The molecule has 1 fully saturated rings. The summed E-state index contributed by atoms with van der Waals surface area (Å²) in [6.07, 6.45) is 4.08. The van der Waals surface area contributed by atoms with Gasteiger partial charge in [0.2, 0.25) is 0 Å². The molecule has 2 heteroatoms. The molecule has 2 rings (SSSR count). The number of piperidine rings is 1. The second-order valence-corrected chi connectivity index (χ2v) is 6.57. The first-order valence-corrected chi connectivity index (χ1v) is 8.69. The molecule has 1 aliphatic rings. The molecule has 0 radical (unpaired) electrons. The van der Waals surface area contributed by atoms with E-state index in [-0.39, 0.29) is 0 Å². The van der Waals surface area contributed by atoms with Gasteiger partial charge in [0, 0.05) is 12.1 Å². The van der Waals surface area contributed by atoms with Crippen LogP contribution in [-0.4, -0.2) is 30.6 Å². The van der Waals surface area contributed by atoms with Crippen LogP contribution < -0.4 is 5.32 Å². The Morgan fingerprint density at radius 2 is 1.76 bits per heavy atom. The highest BCUT2D eigenvalue weighted by Gasteiger charge is 2.27. The van der Waals surface area contributed by atoms with Crippen LogP contribution in [0.15, 0.2) is 24.3 Å². The number of hydrogen-bond donors (Lipinski definition) is 1. The first kappa shape index (κ1) is 16.5. The van der Waals surface area contributed by atoms with Crippen molar-refractivity contribution in [3.8, 4) is 0 Å². The number of likely N-dealkylation sites (N-methyl/N-ethyl adjacent to an activating group) is 1. The average molecular weight is 288 g/mol. The topological polar surface area (TPSA) is 15.3 Å². The molecule has 0 amide bonds. The van der Waals surface area contributed by atoms with Gasteiger partial charge in [-0.2, -0.15) is 0 Å². The zero-order chi connectivity index (χ0) is 15.2.